The Balaban J connectivity index is 2.38. The van der Waals surface area contributed by atoms with Crippen molar-refractivity contribution in [2.24, 2.45) is 0 Å². The zero-order valence-electron chi connectivity index (χ0n) is 18.8. The van der Waals surface area contributed by atoms with Crippen LogP contribution in [0.2, 0.25) is 0 Å². The Morgan fingerprint density at radius 3 is 1.74 bits per heavy atom. The fourth-order valence-corrected chi connectivity index (χ4v) is 3.02. The summed E-state index contributed by atoms with van der Waals surface area (Å²) in [6.07, 6.45) is 0.0145. The molecule has 0 unspecified atom stereocenters. The van der Waals surface area contributed by atoms with Gasteiger partial charge in [0.1, 0.15) is 0 Å². The van der Waals surface area contributed by atoms with Gasteiger partial charge in [0.05, 0.1) is 53.2 Å². The molecule has 9 nitrogen and oxygen atoms in total. The van der Waals surface area contributed by atoms with Gasteiger partial charge in [-0.05, 0) is 23.8 Å². The Morgan fingerprint density at radius 2 is 1.29 bits per heavy atom. The number of benzene rings is 2. The van der Waals surface area contributed by atoms with Crippen LogP contribution in [0.4, 0.5) is 5.69 Å². The van der Waals surface area contributed by atoms with Crippen LogP contribution in [0.5, 0.6) is 28.7 Å². The van der Waals surface area contributed by atoms with Crippen LogP contribution >= 0.6 is 0 Å². The van der Waals surface area contributed by atoms with Gasteiger partial charge in [-0.3, -0.25) is 9.59 Å². The van der Waals surface area contributed by atoms with Gasteiger partial charge >= 0.3 is 0 Å². The summed E-state index contributed by atoms with van der Waals surface area (Å²) in [6, 6.07) is 6.49. The first kappa shape index (κ1) is 23.7. The highest BCUT2D eigenvalue weighted by Gasteiger charge is 2.21. The van der Waals surface area contributed by atoms with Crippen LogP contribution in [0.15, 0.2) is 24.3 Å². The molecule has 0 aliphatic heterocycles. The molecule has 0 aliphatic carbocycles. The van der Waals surface area contributed by atoms with Gasteiger partial charge in [0, 0.05) is 20.2 Å². The van der Waals surface area contributed by atoms with E-state index in [2.05, 4.69) is 5.32 Å². The smallest absolute Gasteiger partial charge is 0.255 e. The zero-order valence-corrected chi connectivity index (χ0v) is 18.8. The summed E-state index contributed by atoms with van der Waals surface area (Å²) in [6.45, 7) is 0. The summed E-state index contributed by atoms with van der Waals surface area (Å²) >= 11 is 0. The maximum atomic E-state index is 12.8. The van der Waals surface area contributed by atoms with E-state index in [0.717, 1.165) is 0 Å². The van der Waals surface area contributed by atoms with Crippen molar-refractivity contribution in [3.05, 3.63) is 35.4 Å². The third-order valence-electron chi connectivity index (χ3n) is 4.52. The molecule has 0 aromatic heterocycles. The van der Waals surface area contributed by atoms with Gasteiger partial charge in [-0.1, -0.05) is 0 Å². The van der Waals surface area contributed by atoms with Gasteiger partial charge in [0.25, 0.3) is 5.91 Å². The van der Waals surface area contributed by atoms with Crippen molar-refractivity contribution in [3.8, 4) is 28.7 Å². The number of ether oxygens (including phenoxy) is 5. The fourth-order valence-electron chi connectivity index (χ4n) is 3.02. The highest BCUT2D eigenvalue weighted by atomic mass is 16.5. The lowest BCUT2D eigenvalue weighted by Crippen LogP contribution is -2.24. The van der Waals surface area contributed by atoms with E-state index in [-0.39, 0.29) is 23.8 Å². The molecule has 0 saturated carbocycles. The molecule has 0 spiro atoms. The van der Waals surface area contributed by atoms with Gasteiger partial charge in [-0.15, -0.1) is 0 Å². The van der Waals surface area contributed by atoms with Gasteiger partial charge in [-0.2, -0.15) is 0 Å². The highest BCUT2D eigenvalue weighted by molar-refractivity contribution is 6.04. The Bertz CT molecular complexity index is 932. The standard InChI is InChI=1S/C22H28N2O7/c1-24(2)22(26)14-11-16(27-3)17(28-4)12-15(14)23-20(25)10-13-8-18(29-5)21(31-7)19(9-13)30-6/h8-9,11-12H,10H2,1-7H3,(H,23,25). The molecule has 0 atom stereocenters. The topological polar surface area (TPSA) is 95.6 Å². The van der Waals surface area contributed by atoms with E-state index in [1.807, 2.05) is 0 Å². The van der Waals surface area contributed by atoms with Crippen molar-refractivity contribution in [2.45, 2.75) is 6.42 Å². The van der Waals surface area contributed by atoms with E-state index in [0.29, 0.717) is 40.0 Å². The number of hydrogen-bond donors (Lipinski definition) is 1. The largest absolute Gasteiger partial charge is 0.493 e. The zero-order chi connectivity index (χ0) is 23.1. The van der Waals surface area contributed by atoms with Crippen molar-refractivity contribution < 1.29 is 33.3 Å². The molecular weight excluding hydrogens is 404 g/mol. The summed E-state index contributed by atoms with van der Waals surface area (Å²) in [5.74, 6) is 1.47. The third kappa shape index (κ3) is 5.30. The Kier molecular flexibility index (Phi) is 7.95. The maximum Gasteiger partial charge on any atom is 0.255 e. The predicted molar refractivity (Wildman–Crippen MR) is 116 cm³/mol. The van der Waals surface area contributed by atoms with Gasteiger partial charge in [0.15, 0.2) is 23.0 Å². The van der Waals surface area contributed by atoms with Crippen molar-refractivity contribution in [1.82, 2.24) is 4.90 Å². The minimum Gasteiger partial charge on any atom is -0.493 e. The van der Waals surface area contributed by atoms with E-state index >= 15 is 0 Å². The van der Waals surface area contributed by atoms with Crippen LogP contribution in [-0.4, -0.2) is 66.4 Å². The van der Waals surface area contributed by atoms with E-state index in [9.17, 15) is 9.59 Å². The summed E-state index contributed by atoms with van der Waals surface area (Å²) < 4.78 is 26.6. The van der Waals surface area contributed by atoms with Crippen molar-refractivity contribution >= 4 is 17.5 Å². The maximum absolute atomic E-state index is 12.8. The second-order valence-electron chi connectivity index (χ2n) is 6.71. The van der Waals surface area contributed by atoms with E-state index in [1.54, 1.807) is 32.3 Å². The van der Waals surface area contributed by atoms with Crippen LogP contribution in [0.1, 0.15) is 15.9 Å². The van der Waals surface area contributed by atoms with E-state index in [1.165, 1.54) is 46.5 Å². The minimum atomic E-state index is -0.339. The molecule has 2 aromatic carbocycles. The summed E-state index contributed by atoms with van der Waals surface area (Å²) in [5, 5.41) is 2.79. The first-order valence-electron chi connectivity index (χ1n) is 9.35. The molecule has 2 aromatic rings. The molecule has 9 heteroatoms. The number of rotatable bonds is 9. The first-order chi connectivity index (χ1) is 14.8. The van der Waals surface area contributed by atoms with Crippen molar-refractivity contribution in [1.29, 1.82) is 0 Å². The van der Waals surface area contributed by atoms with Crippen LogP contribution in [-0.2, 0) is 11.2 Å². The van der Waals surface area contributed by atoms with Crippen LogP contribution in [0.25, 0.3) is 0 Å². The number of nitrogens with zero attached hydrogens (tertiary/aromatic N) is 1. The van der Waals surface area contributed by atoms with E-state index < -0.39 is 0 Å². The molecule has 0 fully saturated rings. The molecule has 31 heavy (non-hydrogen) atoms. The van der Waals surface area contributed by atoms with Crippen molar-refractivity contribution in [3.63, 3.8) is 0 Å². The van der Waals surface area contributed by atoms with Crippen molar-refractivity contribution in [2.75, 3.05) is 55.0 Å². The number of hydrogen-bond acceptors (Lipinski definition) is 7. The third-order valence-corrected chi connectivity index (χ3v) is 4.52. The highest BCUT2D eigenvalue weighted by Crippen LogP contribution is 2.38. The molecule has 0 saturated heterocycles. The Hall–Kier alpha value is -3.62. The lowest BCUT2D eigenvalue weighted by molar-refractivity contribution is -0.115. The lowest BCUT2D eigenvalue weighted by Gasteiger charge is -2.18. The molecule has 2 amide bonds. The monoisotopic (exact) mass is 432 g/mol. The molecule has 0 heterocycles. The van der Waals surface area contributed by atoms with Gasteiger partial charge in [-0.25, -0.2) is 0 Å². The number of carbonyl (C=O) groups is 2. The summed E-state index contributed by atoms with van der Waals surface area (Å²) in [4.78, 5) is 26.9. The lowest BCUT2D eigenvalue weighted by atomic mass is 10.1. The molecule has 168 valence electrons. The fraction of sp³-hybridized carbons (Fsp3) is 0.364. The van der Waals surface area contributed by atoms with Gasteiger partial charge < -0.3 is 33.9 Å². The van der Waals surface area contributed by atoms with Gasteiger partial charge in [0.2, 0.25) is 11.7 Å². The second-order valence-corrected chi connectivity index (χ2v) is 6.71. The van der Waals surface area contributed by atoms with Crippen LogP contribution in [0, 0.1) is 0 Å². The molecule has 2 rings (SSSR count). The molecule has 1 N–H and O–H groups in total. The Labute approximate surface area is 181 Å². The van der Waals surface area contributed by atoms with E-state index in [4.69, 9.17) is 23.7 Å². The first-order valence-corrected chi connectivity index (χ1v) is 9.35. The second kappa shape index (κ2) is 10.4. The Morgan fingerprint density at radius 1 is 0.774 bits per heavy atom. The normalized spacial score (nSPS) is 10.2. The minimum absolute atomic E-state index is 0.0145. The number of anilines is 1. The number of methoxy groups -OCH3 is 5. The van der Waals surface area contributed by atoms with Crippen LogP contribution in [0.3, 0.4) is 0 Å². The SMILES string of the molecule is COc1cc(NC(=O)Cc2cc(OC)c(OC)c(OC)c2)c(C(=O)N(C)C)cc1OC. The molecule has 0 bridgehead atoms. The predicted octanol–water partition coefficient (Wildman–Crippen LogP) is 2.61. The average molecular weight is 432 g/mol. The number of carbonyl (C=O) groups excluding carboxylic acids is 2. The summed E-state index contributed by atoms with van der Waals surface area (Å²) in [5.41, 5.74) is 1.24. The van der Waals surface area contributed by atoms with Crippen LogP contribution < -0.4 is 29.0 Å². The molecular formula is C22H28N2O7. The average Bonchev–Trinajstić information content (AvgIpc) is 2.77. The number of amides is 2. The number of nitrogens with one attached hydrogen (secondary N) is 1. The summed E-state index contributed by atoms with van der Waals surface area (Å²) in [7, 11) is 10.7. The molecule has 0 radical (unpaired) electrons. The molecule has 0 aliphatic rings. The quantitative estimate of drug-likeness (QED) is 0.651.